The minimum absolute atomic E-state index is 0.0526. The zero-order valence-corrected chi connectivity index (χ0v) is 21.8. The van der Waals surface area contributed by atoms with Crippen molar-refractivity contribution in [2.24, 2.45) is 0 Å². The third kappa shape index (κ3) is 5.42. The molecule has 0 saturated carbocycles. The summed E-state index contributed by atoms with van der Waals surface area (Å²) in [6, 6.07) is 9.69. The van der Waals surface area contributed by atoms with E-state index in [1.54, 1.807) is 55.5 Å². The summed E-state index contributed by atoms with van der Waals surface area (Å²) in [6.07, 6.45) is 0.679. The first-order valence-electron chi connectivity index (χ1n) is 12.3. The van der Waals surface area contributed by atoms with Gasteiger partial charge in [0, 0.05) is 31.7 Å². The number of nitrogens with zero attached hydrogens (tertiary/aromatic N) is 2. The molecule has 1 N–H and O–H groups in total. The second kappa shape index (κ2) is 11.7. The van der Waals surface area contributed by atoms with Crippen molar-refractivity contribution in [3.63, 3.8) is 0 Å². The van der Waals surface area contributed by atoms with Crippen LogP contribution >= 0.6 is 0 Å². The molecule has 1 amide bonds. The molecule has 0 spiro atoms. The van der Waals surface area contributed by atoms with Gasteiger partial charge in [0.1, 0.15) is 11.5 Å². The zero-order chi connectivity index (χ0) is 26.5. The Kier molecular flexibility index (Phi) is 8.35. The standard InChI is InChI=1S/C28H34N2O7/c1-18-16-20(34-2)7-8-21(18)26(31)24-25(19-6-9-22(35-3)23(17-19)36-4)30(28(33)27(24)32)11-5-10-29-12-14-37-15-13-29/h6-9,16-17,25,31H,5,10-15H2,1-4H3/t25-/m1/s1. The highest BCUT2D eigenvalue weighted by Gasteiger charge is 2.46. The van der Waals surface area contributed by atoms with Crippen molar-refractivity contribution in [2.75, 3.05) is 60.7 Å². The summed E-state index contributed by atoms with van der Waals surface area (Å²) in [7, 11) is 4.64. The van der Waals surface area contributed by atoms with Crippen molar-refractivity contribution >= 4 is 17.4 Å². The van der Waals surface area contributed by atoms with Gasteiger partial charge in [0.25, 0.3) is 11.7 Å². The number of benzene rings is 2. The molecule has 0 aliphatic carbocycles. The molecule has 1 atom stereocenters. The van der Waals surface area contributed by atoms with E-state index in [-0.39, 0.29) is 11.3 Å². The molecule has 198 valence electrons. The van der Waals surface area contributed by atoms with Gasteiger partial charge in [0.2, 0.25) is 0 Å². The molecule has 4 rings (SSSR count). The van der Waals surface area contributed by atoms with E-state index in [1.165, 1.54) is 7.11 Å². The second-order valence-corrected chi connectivity index (χ2v) is 9.10. The van der Waals surface area contributed by atoms with Gasteiger partial charge >= 0.3 is 0 Å². The van der Waals surface area contributed by atoms with Crippen LogP contribution in [0.4, 0.5) is 0 Å². The lowest BCUT2D eigenvalue weighted by Gasteiger charge is -2.29. The number of aryl methyl sites for hydroxylation is 1. The third-order valence-electron chi connectivity index (χ3n) is 6.93. The van der Waals surface area contributed by atoms with E-state index < -0.39 is 17.7 Å². The van der Waals surface area contributed by atoms with Crippen LogP contribution in [0, 0.1) is 6.92 Å². The lowest BCUT2D eigenvalue weighted by atomic mass is 9.93. The van der Waals surface area contributed by atoms with Crippen molar-refractivity contribution in [3.05, 3.63) is 58.7 Å². The molecule has 9 heteroatoms. The molecule has 0 bridgehead atoms. The summed E-state index contributed by atoms with van der Waals surface area (Å²) < 4.78 is 21.6. The topological polar surface area (TPSA) is 97.8 Å². The summed E-state index contributed by atoms with van der Waals surface area (Å²) >= 11 is 0. The monoisotopic (exact) mass is 510 g/mol. The van der Waals surface area contributed by atoms with Gasteiger partial charge < -0.3 is 29.0 Å². The normalized spacial score (nSPS) is 19.8. The molecular weight excluding hydrogens is 476 g/mol. The summed E-state index contributed by atoms with van der Waals surface area (Å²) in [5.74, 6) is 0.0809. The maximum Gasteiger partial charge on any atom is 0.295 e. The Labute approximate surface area is 217 Å². The quantitative estimate of drug-likeness (QED) is 0.312. The highest BCUT2D eigenvalue weighted by Crippen LogP contribution is 2.42. The Morgan fingerprint density at radius 3 is 2.35 bits per heavy atom. The van der Waals surface area contributed by atoms with Crippen molar-refractivity contribution in [3.8, 4) is 17.2 Å². The SMILES string of the molecule is COc1ccc(C(O)=C2C(=O)C(=O)N(CCCN3CCOCC3)[C@@H]2c2ccc(OC)c(OC)c2)c(C)c1. The van der Waals surface area contributed by atoms with E-state index in [4.69, 9.17) is 18.9 Å². The number of ketones is 1. The van der Waals surface area contributed by atoms with Crippen LogP contribution in [0.2, 0.25) is 0 Å². The lowest BCUT2D eigenvalue weighted by Crippen LogP contribution is -2.39. The second-order valence-electron chi connectivity index (χ2n) is 9.10. The number of rotatable bonds is 9. The maximum absolute atomic E-state index is 13.4. The summed E-state index contributed by atoms with van der Waals surface area (Å²) in [4.78, 5) is 30.5. The molecule has 2 aliphatic heterocycles. The first kappa shape index (κ1) is 26.5. The number of amides is 1. The first-order valence-corrected chi connectivity index (χ1v) is 12.3. The number of hydrogen-bond acceptors (Lipinski definition) is 8. The molecule has 2 aliphatic rings. The Morgan fingerprint density at radius 1 is 0.973 bits per heavy atom. The Morgan fingerprint density at radius 2 is 1.70 bits per heavy atom. The number of hydrogen-bond donors (Lipinski definition) is 1. The number of aliphatic hydroxyl groups excluding tert-OH is 1. The average Bonchev–Trinajstić information content (AvgIpc) is 3.17. The Hall–Kier alpha value is -3.56. The van der Waals surface area contributed by atoms with E-state index in [1.807, 2.05) is 6.92 Å². The van der Waals surface area contributed by atoms with Gasteiger partial charge in [-0.25, -0.2) is 0 Å². The molecule has 0 radical (unpaired) electrons. The number of ether oxygens (including phenoxy) is 4. The Balaban J connectivity index is 1.75. The van der Waals surface area contributed by atoms with Crippen LogP contribution in [-0.2, 0) is 14.3 Å². The summed E-state index contributed by atoms with van der Waals surface area (Å²) in [5.41, 5.74) is 1.90. The number of methoxy groups -OCH3 is 3. The van der Waals surface area contributed by atoms with Crippen LogP contribution in [0.15, 0.2) is 42.0 Å². The van der Waals surface area contributed by atoms with Crippen LogP contribution < -0.4 is 14.2 Å². The van der Waals surface area contributed by atoms with Crippen molar-refractivity contribution in [1.29, 1.82) is 0 Å². The number of aliphatic hydroxyl groups is 1. The number of morpholine rings is 1. The van der Waals surface area contributed by atoms with Crippen LogP contribution in [0.25, 0.3) is 5.76 Å². The average molecular weight is 511 g/mol. The van der Waals surface area contributed by atoms with Crippen LogP contribution in [0.5, 0.6) is 17.2 Å². The Bertz CT molecular complexity index is 1190. The van der Waals surface area contributed by atoms with Crippen LogP contribution in [0.3, 0.4) is 0 Å². The highest BCUT2D eigenvalue weighted by atomic mass is 16.5. The molecular formula is C28H34N2O7. The maximum atomic E-state index is 13.4. The molecule has 9 nitrogen and oxygen atoms in total. The summed E-state index contributed by atoms with van der Waals surface area (Å²) in [5, 5.41) is 11.4. The molecule has 2 fully saturated rings. The van der Waals surface area contributed by atoms with Gasteiger partial charge in [0.15, 0.2) is 11.5 Å². The molecule has 37 heavy (non-hydrogen) atoms. The largest absolute Gasteiger partial charge is 0.507 e. The third-order valence-corrected chi connectivity index (χ3v) is 6.93. The predicted molar refractivity (Wildman–Crippen MR) is 138 cm³/mol. The molecule has 0 unspecified atom stereocenters. The first-order chi connectivity index (χ1) is 17.9. The summed E-state index contributed by atoms with van der Waals surface area (Å²) in [6.45, 7) is 6.03. The number of likely N-dealkylation sites (tertiary alicyclic amines) is 1. The molecule has 0 aromatic heterocycles. The molecule has 2 aromatic rings. The lowest BCUT2D eigenvalue weighted by molar-refractivity contribution is -0.140. The molecule has 2 aromatic carbocycles. The van der Waals surface area contributed by atoms with Crippen LogP contribution in [-0.4, -0.2) is 87.3 Å². The van der Waals surface area contributed by atoms with E-state index in [9.17, 15) is 14.7 Å². The van der Waals surface area contributed by atoms with Crippen LogP contribution in [0.1, 0.15) is 29.2 Å². The molecule has 2 heterocycles. The predicted octanol–water partition coefficient (Wildman–Crippen LogP) is 3.16. The number of carbonyl (C=O) groups is 2. The van der Waals surface area contributed by atoms with Gasteiger partial charge in [-0.1, -0.05) is 6.07 Å². The van der Waals surface area contributed by atoms with Gasteiger partial charge in [-0.3, -0.25) is 14.5 Å². The fourth-order valence-electron chi connectivity index (χ4n) is 4.94. The fraction of sp³-hybridized carbons (Fsp3) is 0.429. The minimum atomic E-state index is -0.772. The fourth-order valence-corrected chi connectivity index (χ4v) is 4.94. The van der Waals surface area contributed by atoms with E-state index in [0.29, 0.717) is 54.6 Å². The van der Waals surface area contributed by atoms with Crippen molar-refractivity contribution in [2.45, 2.75) is 19.4 Å². The zero-order valence-electron chi connectivity index (χ0n) is 21.8. The number of carbonyl (C=O) groups excluding carboxylic acids is 2. The van der Waals surface area contributed by atoms with Gasteiger partial charge in [-0.15, -0.1) is 0 Å². The van der Waals surface area contributed by atoms with E-state index >= 15 is 0 Å². The smallest absolute Gasteiger partial charge is 0.295 e. The van der Waals surface area contributed by atoms with Gasteiger partial charge in [-0.2, -0.15) is 0 Å². The van der Waals surface area contributed by atoms with Crippen molar-refractivity contribution < 1.29 is 33.6 Å². The van der Waals surface area contributed by atoms with E-state index in [0.717, 1.165) is 25.2 Å². The molecule has 2 saturated heterocycles. The van der Waals surface area contributed by atoms with E-state index in [2.05, 4.69) is 4.90 Å². The minimum Gasteiger partial charge on any atom is -0.507 e. The van der Waals surface area contributed by atoms with Gasteiger partial charge in [-0.05, 0) is 54.8 Å². The van der Waals surface area contributed by atoms with Gasteiger partial charge in [0.05, 0.1) is 46.2 Å². The van der Waals surface area contributed by atoms with Crippen molar-refractivity contribution in [1.82, 2.24) is 9.80 Å². The highest BCUT2D eigenvalue weighted by molar-refractivity contribution is 6.46. The number of Topliss-reactive ketones (excluding diaryl/α,β-unsaturated/α-hetero) is 1.